The second-order valence-electron chi connectivity index (χ2n) is 6.81. The lowest BCUT2D eigenvalue weighted by molar-refractivity contribution is -0.142. The molecule has 1 aromatic rings. The Hall–Kier alpha value is -3.87. The molecule has 0 atom stereocenters. The molecule has 220 valence electrons. The number of carbonyl (C=O) groups is 5. The van der Waals surface area contributed by atoms with E-state index in [0.29, 0.717) is 19.8 Å². The second-order valence-corrected chi connectivity index (χ2v) is 6.81. The molecular weight excluding hydrogens is 500 g/mol. The van der Waals surface area contributed by atoms with Crippen LogP contribution >= 0.6 is 0 Å². The highest BCUT2D eigenvalue weighted by molar-refractivity contribution is 5.73. The molecule has 38 heavy (non-hydrogen) atoms. The van der Waals surface area contributed by atoms with Crippen LogP contribution in [0.25, 0.3) is 0 Å². The number of amides is 4. The van der Waals surface area contributed by atoms with Crippen LogP contribution in [0.3, 0.4) is 0 Å². The summed E-state index contributed by atoms with van der Waals surface area (Å²) in [7, 11) is 7.94. The van der Waals surface area contributed by atoms with Crippen LogP contribution in [-0.2, 0) is 33.4 Å². The van der Waals surface area contributed by atoms with E-state index in [1.54, 1.807) is 28.3 Å². The number of benzene rings is 1. The number of hydrogen-bond acceptors (Lipinski definition) is 9. The maximum absolute atomic E-state index is 10.5. The number of aryl methyl sites for hydroxylation is 1. The van der Waals surface area contributed by atoms with E-state index >= 15 is 0 Å². The molecule has 0 spiro atoms. The standard InChI is InChI=1S/C8H10O.C6H12N2O3.C5H10O3.2C3H7NO/c1-7-3-5-8(9-2)6-4-7;1-5(9)11-4-3-8-6(10)7-2;1-5(6)8-4-3-7-2;2*1-3(5)4-2/h3-6H,1-2H3;3-4H2,1-2H3,(H2,7,8,10);3-4H2,1-2H3;2*1-2H3,(H,4,5). The Morgan fingerprint density at radius 2 is 1.11 bits per heavy atom. The molecule has 0 radical (unpaired) electrons. The molecule has 0 aromatic heterocycles. The zero-order chi connectivity index (χ0) is 30.4. The minimum absolute atomic E-state index is 0.00463. The van der Waals surface area contributed by atoms with Crippen LogP contribution in [0, 0.1) is 6.92 Å². The Bertz CT molecular complexity index is 744. The molecule has 1 aromatic carbocycles. The first-order valence-corrected chi connectivity index (χ1v) is 11.5. The number of rotatable bonds is 7. The summed E-state index contributed by atoms with van der Waals surface area (Å²) in [6.07, 6.45) is 0. The predicted octanol–water partition coefficient (Wildman–Crippen LogP) is 1.18. The van der Waals surface area contributed by atoms with Gasteiger partial charge in [0.1, 0.15) is 19.0 Å². The highest BCUT2D eigenvalue weighted by atomic mass is 16.6. The third-order valence-corrected chi connectivity index (χ3v) is 3.47. The lowest BCUT2D eigenvalue weighted by atomic mass is 10.2. The molecule has 4 N–H and O–H groups in total. The molecule has 1 rings (SSSR count). The lowest BCUT2D eigenvalue weighted by Gasteiger charge is -2.03. The van der Waals surface area contributed by atoms with Gasteiger partial charge in [-0.05, 0) is 19.1 Å². The molecule has 13 nitrogen and oxygen atoms in total. The van der Waals surface area contributed by atoms with Crippen molar-refractivity contribution in [3.8, 4) is 5.75 Å². The molecule has 0 heterocycles. The zero-order valence-corrected chi connectivity index (χ0v) is 24.3. The fraction of sp³-hybridized carbons (Fsp3) is 0.560. The summed E-state index contributed by atoms with van der Waals surface area (Å²) in [6.45, 7) is 9.06. The van der Waals surface area contributed by atoms with Crippen LogP contribution in [0.1, 0.15) is 33.3 Å². The van der Waals surface area contributed by atoms with Gasteiger partial charge >= 0.3 is 18.0 Å². The fourth-order valence-electron chi connectivity index (χ4n) is 1.39. The smallest absolute Gasteiger partial charge is 0.314 e. The zero-order valence-electron chi connectivity index (χ0n) is 24.3. The average Bonchev–Trinajstić information content (AvgIpc) is 2.88. The van der Waals surface area contributed by atoms with Gasteiger partial charge in [-0.25, -0.2) is 4.79 Å². The minimum Gasteiger partial charge on any atom is -0.497 e. The Morgan fingerprint density at radius 3 is 1.42 bits per heavy atom. The third kappa shape index (κ3) is 45.6. The molecule has 0 fully saturated rings. The van der Waals surface area contributed by atoms with Gasteiger partial charge in [-0.1, -0.05) is 17.7 Å². The van der Waals surface area contributed by atoms with Gasteiger partial charge in [0.05, 0.1) is 20.3 Å². The van der Waals surface area contributed by atoms with Crippen LogP contribution in [-0.4, -0.2) is 91.5 Å². The van der Waals surface area contributed by atoms with Gasteiger partial charge < -0.3 is 40.2 Å². The summed E-state index contributed by atoms with van der Waals surface area (Å²) in [6, 6.07) is 7.68. The van der Waals surface area contributed by atoms with Crippen molar-refractivity contribution in [2.45, 2.75) is 34.6 Å². The van der Waals surface area contributed by atoms with E-state index in [4.69, 9.17) is 4.74 Å². The highest BCUT2D eigenvalue weighted by Crippen LogP contribution is 2.09. The molecule has 13 heteroatoms. The Kier molecular flexibility index (Phi) is 33.8. The summed E-state index contributed by atoms with van der Waals surface area (Å²) in [4.78, 5) is 50.1. The molecule has 0 aliphatic heterocycles. The van der Waals surface area contributed by atoms with E-state index in [2.05, 4.69) is 42.4 Å². The SMILES string of the molecule is CNC(=O)NCCOC(C)=O.CNC(C)=O.CNC(C)=O.COCCOC(C)=O.COc1ccc(C)cc1. The van der Waals surface area contributed by atoms with Crippen molar-refractivity contribution in [1.82, 2.24) is 21.3 Å². The predicted molar refractivity (Wildman–Crippen MR) is 145 cm³/mol. The van der Waals surface area contributed by atoms with Gasteiger partial charge in [0, 0.05) is 55.9 Å². The van der Waals surface area contributed by atoms with Crippen molar-refractivity contribution < 1.29 is 42.9 Å². The van der Waals surface area contributed by atoms with Crippen LogP contribution < -0.4 is 26.0 Å². The fourth-order valence-corrected chi connectivity index (χ4v) is 1.39. The Morgan fingerprint density at radius 1 is 0.684 bits per heavy atom. The first-order chi connectivity index (χ1) is 17.8. The van der Waals surface area contributed by atoms with Crippen molar-refractivity contribution in [3.63, 3.8) is 0 Å². The molecule has 0 bridgehead atoms. The van der Waals surface area contributed by atoms with Crippen LogP contribution in [0.15, 0.2) is 24.3 Å². The topological polar surface area (TPSA) is 170 Å². The maximum Gasteiger partial charge on any atom is 0.314 e. The van der Waals surface area contributed by atoms with Gasteiger partial charge in [0.2, 0.25) is 11.8 Å². The molecule has 0 aliphatic carbocycles. The highest BCUT2D eigenvalue weighted by Gasteiger charge is 1.95. The van der Waals surface area contributed by atoms with Gasteiger partial charge in [0.25, 0.3) is 0 Å². The number of esters is 2. The normalized spacial score (nSPS) is 8.26. The van der Waals surface area contributed by atoms with Gasteiger partial charge in [-0.3, -0.25) is 19.2 Å². The van der Waals surface area contributed by atoms with Crippen LogP contribution in [0.5, 0.6) is 5.75 Å². The summed E-state index contributed by atoms with van der Waals surface area (Å²) in [5, 5.41) is 9.60. The Labute approximate surface area is 226 Å². The molecular formula is C25H46N4O9. The van der Waals surface area contributed by atoms with Gasteiger partial charge in [-0.15, -0.1) is 0 Å². The number of carbonyl (C=O) groups excluding carboxylic acids is 5. The van der Waals surface area contributed by atoms with E-state index in [0.717, 1.165) is 5.75 Å². The van der Waals surface area contributed by atoms with Crippen molar-refractivity contribution in [2.75, 3.05) is 61.7 Å². The van der Waals surface area contributed by atoms with Crippen molar-refractivity contribution in [1.29, 1.82) is 0 Å². The summed E-state index contributed by atoms with van der Waals surface area (Å²) in [5.74, 6) is 0.321. The number of hydrogen-bond donors (Lipinski definition) is 4. The van der Waals surface area contributed by atoms with Crippen molar-refractivity contribution in [2.24, 2.45) is 0 Å². The molecule has 0 saturated heterocycles. The van der Waals surface area contributed by atoms with E-state index in [9.17, 15) is 24.0 Å². The largest absolute Gasteiger partial charge is 0.497 e. The van der Waals surface area contributed by atoms with Crippen LogP contribution in [0.2, 0.25) is 0 Å². The summed E-state index contributed by atoms with van der Waals surface area (Å²) < 4.78 is 18.7. The minimum atomic E-state index is -0.344. The average molecular weight is 547 g/mol. The Balaban J connectivity index is -0.000000197. The van der Waals surface area contributed by atoms with Crippen LogP contribution in [0.4, 0.5) is 4.79 Å². The third-order valence-electron chi connectivity index (χ3n) is 3.47. The van der Waals surface area contributed by atoms with Gasteiger partial charge in [-0.2, -0.15) is 0 Å². The number of methoxy groups -OCH3 is 2. The number of nitrogens with one attached hydrogen (secondary N) is 4. The summed E-state index contributed by atoms with van der Waals surface area (Å²) in [5.41, 5.74) is 1.26. The van der Waals surface area contributed by atoms with E-state index < -0.39 is 0 Å². The first kappa shape index (κ1) is 41.3. The first-order valence-electron chi connectivity index (χ1n) is 11.5. The van der Waals surface area contributed by atoms with E-state index in [1.165, 1.54) is 40.3 Å². The lowest BCUT2D eigenvalue weighted by Crippen LogP contribution is -2.35. The number of ether oxygens (including phenoxy) is 4. The van der Waals surface area contributed by atoms with E-state index in [1.807, 2.05) is 24.3 Å². The molecule has 0 unspecified atom stereocenters. The molecule has 4 amide bonds. The number of urea groups is 1. The van der Waals surface area contributed by atoms with Crippen molar-refractivity contribution in [3.05, 3.63) is 29.8 Å². The monoisotopic (exact) mass is 546 g/mol. The molecule has 0 saturated carbocycles. The summed E-state index contributed by atoms with van der Waals surface area (Å²) >= 11 is 0. The quantitative estimate of drug-likeness (QED) is 0.290. The van der Waals surface area contributed by atoms with E-state index in [-0.39, 0.29) is 36.4 Å². The molecule has 0 aliphatic rings. The second kappa shape index (κ2) is 31.2. The van der Waals surface area contributed by atoms with Gasteiger partial charge in [0.15, 0.2) is 0 Å². The maximum atomic E-state index is 10.5. The van der Waals surface area contributed by atoms with Crippen molar-refractivity contribution >= 4 is 29.8 Å².